The SMILES string of the molecule is Cc1ccc([C@@H]2[C@@H]3C(=O)N(c4ccccc4)C(=O)[C@@H]3[C@]3(Cc4ccccc4)C(=O)N(CC4CC4)CC(=O)N23)o1. The Morgan fingerprint density at radius 2 is 1.56 bits per heavy atom. The average molecular weight is 524 g/mol. The summed E-state index contributed by atoms with van der Waals surface area (Å²) in [4.78, 5) is 61.7. The number of para-hydroxylation sites is 1. The van der Waals surface area contributed by atoms with Crippen molar-refractivity contribution >= 4 is 29.3 Å². The molecule has 0 radical (unpaired) electrons. The quantitative estimate of drug-likeness (QED) is 0.461. The summed E-state index contributed by atoms with van der Waals surface area (Å²) in [5.41, 5.74) is -0.259. The van der Waals surface area contributed by atoms with Gasteiger partial charge in [0, 0.05) is 13.0 Å². The van der Waals surface area contributed by atoms with Crippen LogP contribution >= 0.6 is 0 Å². The highest BCUT2D eigenvalue weighted by atomic mass is 16.3. The van der Waals surface area contributed by atoms with Gasteiger partial charge in [-0.2, -0.15) is 0 Å². The zero-order valence-corrected chi connectivity index (χ0v) is 21.7. The van der Waals surface area contributed by atoms with Gasteiger partial charge in [-0.05, 0) is 55.5 Å². The number of anilines is 1. The van der Waals surface area contributed by atoms with Crippen LogP contribution in [-0.4, -0.2) is 52.1 Å². The van der Waals surface area contributed by atoms with Gasteiger partial charge in [0.15, 0.2) is 0 Å². The minimum absolute atomic E-state index is 0.0632. The third kappa shape index (κ3) is 3.50. The molecule has 0 unspecified atom stereocenters. The first-order valence-electron chi connectivity index (χ1n) is 13.5. The number of imide groups is 1. The fourth-order valence-electron chi connectivity index (χ4n) is 6.95. The van der Waals surface area contributed by atoms with Gasteiger partial charge in [0.25, 0.3) is 0 Å². The first kappa shape index (κ1) is 23.9. The Kier molecular flexibility index (Phi) is 5.30. The number of amides is 4. The Morgan fingerprint density at radius 3 is 2.21 bits per heavy atom. The average Bonchev–Trinajstić information content (AvgIpc) is 3.47. The lowest BCUT2D eigenvalue weighted by atomic mass is 9.74. The molecule has 4 fully saturated rings. The third-order valence-electron chi connectivity index (χ3n) is 8.73. The van der Waals surface area contributed by atoms with Gasteiger partial charge in [-0.1, -0.05) is 48.5 Å². The van der Waals surface area contributed by atoms with Crippen molar-refractivity contribution in [1.29, 1.82) is 0 Å². The first-order valence-corrected chi connectivity index (χ1v) is 13.5. The number of hydrogen-bond acceptors (Lipinski definition) is 5. The highest BCUT2D eigenvalue weighted by Crippen LogP contribution is 2.58. The van der Waals surface area contributed by atoms with Crippen LogP contribution in [0.15, 0.2) is 77.2 Å². The van der Waals surface area contributed by atoms with Crippen molar-refractivity contribution in [3.8, 4) is 0 Å². The number of carbonyl (C=O) groups excluding carboxylic acids is 4. The molecule has 0 bridgehead atoms. The summed E-state index contributed by atoms with van der Waals surface area (Å²) in [6.07, 6.45) is 2.18. The molecule has 8 heteroatoms. The number of hydrogen-bond donors (Lipinski definition) is 0. The van der Waals surface area contributed by atoms with E-state index in [0.29, 0.717) is 29.7 Å². The molecule has 4 heterocycles. The molecule has 3 aromatic rings. The largest absolute Gasteiger partial charge is 0.464 e. The molecular weight excluding hydrogens is 494 g/mol. The Bertz CT molecular complexity index is 1480. The van der Waals surface area contributed by atoms with Crippen molar-refractivity contribution in [3.05, 3.63) is 89.9 Å². The van der Waals surface area contributed by atoms with E-state index < -0.39 is 35.2 Å². The summed E-state index contributed by atoms with van der Waals surface area (Å²) in [6, 6.07) is 20.9. The van der Waals surface area contributed by atoms with Crippen molar-refractivity contribution in [2.24, 2.45) is 17.8 Å². The molecular formula is C31H29N3O5. The second kappa shape index (κ2) is 8.66. The predicted octanol–water partition coefficient (Wildman–Crippen LogP) is 3.51. The summed E-state index contributed by atoms with van der Waals surface area (Å²) >= 11 is 0. The smallest absolute Gasteiger partial charge is 0.250 e. The number of furan rings is 1. The Hall–Kier alpha value is -4.20. The molecule has 4 atom stereocenters. The van der Waals surface area contributed by atoms with E-state index in [1.165, 1.54) is 4.90 Å². The molecule has 3 saturated heterocycles. The Balaban J connectivity index is 1.45. The van der Waals surface area contributed by atoms with Gasteiger partial charge in [0.2, 0.25) is 23.6 Å². The molecule has 1 saturated carbocycles. The molecule has 4 amide bonds. The van der Waals surface area contributed by atoms with Crippen molar-refractivity contribution in [3.63, 3.8) is 0 Å². The highest BCUT2D eigenvalue weighted by molar-refractivity contribution is 6.25. The number of carbonyl (C=O) groups is 4. The summed E-state index contributed by atoms with van der Waals surface area (Å²) in [5, 5.41) is 0. The number of nitrogens with zero attached hydrogens (tertiary/aromatic N) is 3. The van der Waals surface area contributed by atoms with Gasteiger partial charge < -0.3 is 14.2 Å². The summed E-state index contributed by atoms with van der Waals surface area (Å²) in [5.74, 6) is -1.94. The molecule has 7 rings (SSSR count). The standard InChI is InChI=1S/C31H29N3O5/c1-19-12-15-23(39-19)27-25-26(29(37)33(28(25)36)22-10-6-3-7-11-22)31(16-20-8-4-2-5-9-20)30(38)32(17-21-13-14-21)18-24(35)34(27)31/h2-12,15,21,25-27H,13-14,16-18H2,1H3/t25-,26-,27-,31-/m1/s1. The lowest BCUT2D eigenvalue weighted by molar-refractivity contribution is -0.168. The minimum atomic E-state index is -1.54. The third-order valence-corrected chi connectivity index (χ3v) is 8.73. The van der Waals surface area contributed by atoms with Crippen LogP contribution in [-0.2, 0) is 25.6 Å². The topological polar surface area (TPSA) is 91.1 Å². The molecule has 0 N–H and O–H groups in total. The monoisotopic (exact) mass is 523 g/mol. The van der Waals surface area contributed by atoms with Crippen LogP contribution in [0.1, 0.15) is 36.0 Å². The van der Waals surface area contributed by atoms with Crippen LogP contribution in [0, 0.1) is 24.7 Å². The van der Waals surface area contributed by atoms with Crippen LogP contribution in [0.4, 0.5) is 5.69 Å². The van der Waals surface area contributed by atoms with Gasteiger partial charge >= 0.3 is 0 Å². The summed E-state index contributed by atoms with van der Waals surface area (Å²) in [7, 11) is 0. The van der Waals surface area contributed by atoms with E-state index >= 15 is 0 Å². The van der Waals surface area contributed by atoms with Gasteiger partial charge in [-0.3, -0.25) is 19.2 Å². The lowest BCUT2D eigenvalue weighted by Crippen LogP contribution is -2.70. The number of benzene rings is 2. The van der Waals surface area contributed by atoms with Crippen LogP contribution < -0.4 is 4.90 Å². The molecule has 4 aliphatic rings. The van der Waals surface area contributed by atoms with E-state index in [-0.39, 0.29) is 24.8 Å². The second-order valence-electron chi connectivity index (χ2n) is 11.2. The minimum Gasteiger partial charge on any atom is -0.464 e. The van der Waals surface area contributed by atoms with Crippen molar-refractivity contribution in [1.82, 2.24) is 9.80 Å². The Labute approximate surface area is 226 Å². The second-order valence-corrected chi connectivity index (χ2v) is 11.2. The van der Waals surface area contributed by atoms with E-state index in [2.05, 4.69) is 0 Å². The van der Waals surface area contributed by atoms with E-state index in [1.807, 2.05) is 36.4 Å². The van der Waals surface area contributed by atoms with Crippen molar-refractivity contribution in [2.75, 3.05) is 18.0 Å². The van der Waals surface area contributed by atoms with Crippen LogP contribution in [0.5, 0.6) is 0 Å². The van der Waals surface area contributed by atoms with Crippen LogP contribution in [0.2, 0.25) is 0 Å². The lowest BCUT2D eigenvalue weighted by Gasteiger charge is -2.49. The predicted molar refractivity (Wildman–Crippen MR) is 141 cm³/mol. The van der Waals surface area contributed by atoms with Gasteiger partial charge in [-0.25, -0.2) is 4.90 Å². The molecule has 8 nitrogen and oxygen atoms in total. The first-order chi connectivity index (χ1) is 18.9. The van der Waals surface area contributed by atoms with Gasteiger partial charge in [0.1, 0.15) is 23.1 Å². The maximum absolute atomic E-state index is 14.7. The molecule has 1 aliphatic carbocycles. The molecule has 2 aromatic carbocycles. The van der Waals surface area contributed by atoms with Crippen molar-refractivity contribution < 1.29 is 23.6 Å². The zero-order valence-electron chi connectivity index (χ0n) is 21.7. The van der Waals surface area contributed by atoms with E-state index in [9.17, 15) is 19.2 Å². The fraction of sp³-hybridized carbons (Fsp3) is 0.355. The fourth-order valence-corrected chi connectivity index (χ4v) is 6.95. The zero-order chi connectivity index (χ0) is 26.9. The molecule has 3 aliphatic heterocycles. The van der Waals surface area contributed by atoms with Crippen LogP contribution in [0.3, 0.4) is 0 Å². The number of rotatable bonds is 6. The Morgan fingerprint density at radius 1 is 0.872 bits per heavy atom. The van der Waals surface area contributed by atoms with E-state index in [4.69, 9.17) is 4.42 Å². The molecule has 1 aromatic heterocycles. The number of aryl methyl sites for hydroxylation is 1. The van der Waals surface area contributed by atoms with Gasteiger partial charge in [0.05, 0.1) is 24.1 Å². The van der Waals surface area contributed by atoms with Gasteiger partial charge in [-0.15, -0.1) is 0 Å². The number of piperazine rings is 1. The molecule has 0 spiro atoms. The number of fused-ring (bicyclic) bond motifs is 3. The van der Waals surface area contributed by atoms with Crippen molar-refractivity contribution in [2.45, 2.75) is 37.8 Å². The normalized spacial score (nSPS) is 28.3. The van der Waals surface area contributed by atoms with E-state index in [1.54, 1.807) is 53.1 Å². The van der Waals surface area contributed by atoms with Crippen LogP contribution in [0.25, 0.3) is 0 Å². The van der Waals surface area contributed by atoms with E-state index in [0.717, 1.165) is 18.4 Å². The summed E-state index contributed by atoms with van der Waals surface area (Å²) < 4.78 is 6.03. The highest BCUT2D eigenvalue weighted by Gasteiger charge is 2.75. The molecule has 198 valence electrons. The maximum Gasteiger partial charge on any atom is 0.250 e. The summed E-state index contributed by atoms with van der Waals surface area (Å²) in [6.45, 7) is 2.22. The molecule has 39 heavy (non-hydrogen) atoms. The maximum atomic E-state index is 14.7.